The lowest BCUT2D eigenvalue weighted by Crippen LogP contribution is -2.61. The number of nitrogens with one attached hydrogen (secondary N) is 3. The number of Topliss-reactive ketones (excluding diaryl/α,β-unsaturated/α-hetero) is 1. The summed E-state index contributed by atoms with van der Waals surface area (Å²) in [6.45, 7) is 10.6. The number of likely N-dealkylation sites (tertiary alicyclic amines) is 1. The Labute approximate surface area is 239 Å². The van der Waals surface area contributed by atoms with Crippen LogP contribution in [0.3, 0.4) is 0 Å². The van der Waals surface area contributed by atoms with E-state index in [1.165, 1.54) is 12.0 Å². The molecule has 39 heavy (non-hydrogen) atoms. The molecule has 11 nitrogen and oxygen atoms in total. The molecule has 5 atom stereocenters. The van der Waals surface area contributed by atoms with Gasteiger partial charge < -0.3 is 20.3 Å². The highest BCUT2D eigenvalue weighted by molar-refractivity contribution is 6.51. The highest BCUT2D eigenvalue weighted by Gasteiger charge is 2.74. The van der Waals surface area contributed by atoms with Crippen LogP contribution < -0.4 is 16.1 Å². The van der Waals surface area contributed by atoms with Crippen LogP contribution in [0.4, 0.5) is 4.79 Å². The zero-order valence-corrected chi connectivity index (χ0v) is 25.1. The number of hydrogen-bond acceptors (Lipinski definition) is 7. The number of fused-ring (bicyclic) bond motifs is 1. The Morgan fingerprint density at radius 2 is 1.64 bits per heavy atom. The maximum absolute atomic E-state index is 13.9. The van der Waals surface area contributed by atoms with E-state index >= 15 is 0 Å². The Balaban J connectivity index is 1.84. The van der Waals surface area contributed by atoms with Crippen molar-refractivity contribution in [2.75, 3.05) is 13.7 Å². The van der Waals surface area contributed by atoms with Gasteiger partial charge in [-0.15, -0.1) is 23.2 Å². The molecule has 3 aliphatic rings. The number of carbonyl (C=O) groups is 5. The monoisotopic (exact) mass is 590 g/mol. The third-order valence-electron chi connectivity index (χ3n) is 7.50. The normalized spacial score (nSPS) is 25.5. The molecule has 3 rings (SSSR count). The van der Waals surface area contributed by atoms with Gasteiger partial charge in [0.05, 0.1) is 13.2 Å². The molecule has 3 N–H and O–H groups in total. The number of piperidine rings is 1. The number of alkyl carbamates (subject to hydrolysis) is 1. The van der Waals surface area contributed by atoms with Crippen molar-refractivity contribution in [3.05, 3.63) is 0 Å². The van der Waals surface area contributed by atoms with Crippen LogP contribution >= 0.6 is 23.2 Å². The van der Waals surface area contributed by atoms with Crippen LogP contribution in [0.25, 0.3) is 0 Å². The molecule has 3 fully saturated rings. The summed E-state index contributed by atoms with van der Waals surface area (Å²) < 4.78 is 4.15. The maximum atomic E-state index is 13.9. The molecular formula is C26H40Cl2N4O7. The predicted octanol–water partition coefficient (Wildman–Crippen LogP) is 2.48. The lowest BCUT2D eigenvalue weighted by Gasteiger charge is -2.38. The summed E-state index contributed by atoms with van der Waals surface area (Å²) in [7, 11) is 1.21. The molecule has 220 valence electrons. The van der Waals surface area contributed by atoms with Gasteiger partial charge in [0.25, 0.3) is 0 Å². The van der Waals surface area contributed by atoms with E-state index in [0.717, 1.165) is 19.3 Å². The molecule has 4 amide bonds. The Kier molecular flexibility index (Phi) is 9.19. The number of nitrogens with zero attached hydrogens (tertiary/aromatic N) is 1. The molecule has 2 saturated carbocycles. The molecular weight excluding hydrogens is 551 g/mol. The molecule has 0 aromatic rings. The van der Waals surface area contributed by atoms with Crippen LogP contribution in [0.1, 0.15) is 67.2 Å². The fourth-order valence-corrected chi connectivity index (χ4v) is 6.05. The van der Waals surface area contributed by atoms with Crippen molar-refractivity contribution >= 4 is 52.8 Å². The number of halogens is 2. The van der Waals surface area contributed by atoms with Gasteiger partial charge in [0, 0.05) is 18.4 Å². The first-order valence-corrected chi connectivity index (χ1v) is 14.0. The van der Waals surface area contributed by atoms with E-state index in [9.17, 15) is 24.0 Å². The van der Waals surface area contributed by atoms with Crippen LogP contribution in [-0.4, -0.2) is 76.2 Å². The largest absolute Gasteiger partial charge is 0.444 e. The van der Waals surface area contributed by atoms with Gasteiger partial charge in [-0.25, -0.2) is 10.3 Å². The molecule has 0 bridgehead atoms. The molecule has 1 heterocycles. The summed E-state index contributed by atoms with van der Waals surface area (Å²) in [6.07, 6.45) is 2.31. The minimum atomic E-state index is -1.21. The topological polar surface area (TPSA) is 143 Å². The predicted molar refractivity (Wildman–Crippen MR) is 144 cm³/mol. The fourth-order valence-electron chi connectivity index (χ4n) is 5.22. The van der Waals surface area contributed by atoms with Crippen LogP contribution in [0.15, 0.2) is 0 Å². The van der Waals surface area contributed by atoms with E-state index in [-0.39, 0.29) is 24.8 Å². The van der Waals surface area contributed by atoms with Crippen molar-refractivity contribution in [1.82, 2.24) is 21.0 Å². The first-order chi connectivity index (χ1) is 17.9. The van der Waals surface area contributed by atoms with Crippen molar-refractivity contribution in [3.8, 4) is 0 Å². The highest BCUT2D eigenvalue weighted by atomic mass is 35.5. The second-order valence-electron chi connectivity index (χ2n) is 12.8. The van der Waals surface area contributed by atoms with Gasteiger partial charge in [-0.3, -0.25) is 24.0 Å². The third-order valence-corrected chi connectivity index (χ3v) is 8.57. The molecule has 0 spiro atoms. The molecule has 0 radical (unpaired) electrons. The maximum Gasteiger partial charge on any atom is 0.408 e. The van der Waals surface area contributed by atoms with Gasteiger partial charge >= 0.3 is 12.0 Å². The van der Waals surface area contributed by atoms with E-state index < -0.39 is 69.0 Å². The lowest BCUT2D eigenvalue weighted by molar-refractivity contribution is -0.147. The first kappa shape index (κ1) is 31.4. The summed E-state index contributed by atoms with van der Waals surface area (Å²) in [5.41, 5.74) is 0.491. The molecule has 13 heteroatoms. The number of hydroxylamine groups is 1. The number of amides is 4. The molecule has 1 aliphatic heterocycles. The Morgan fingerprint density at radius 1 is 1.03 bits per heavy atom. The number of ether oxygens (including phenoxy) is 1. The summed E-state index contributed by atoms with van der Waals surface area (Å²) >= 11 is 12.9. The van der Waals surface area contributed by atoms with Gasteiger partial charge in [0.2, 0.25) is 17.6 Å². The second-order valence-corrected chi connectivity index (χ2v) is 14.2. The SMILES string of the molecule is CONC(=O)C(=O)C(CC1CCC1)NC(=O)[C@@H]1[C@@H]2[C@H](CN1C(=O)[C@@H](NC(=O)OC(C)(C)C)C(C)(C)C)C2(Cl)Cl. The van der Waals surface area contributed by atoms with E-state index in [2.05, 4.69) is 15.5 Å². The molecule has 0 aromatic carbocycles. The highest BCUT2D eigenvalue weighted by Crippen LogP contribution is 2.65. The van der Waals surface area contributed by atoms with Crippen LogP contribution in [0, 0.1) is 23.2 Å². The van der Waals surface area contributed by atoms with Gasteiger partial charge in [-0.1, -0.05) is 40.0 Å². The van der Waals surface area contributed by atoms with Crippen molar-refractivity contribution in [2.45, 2.75) is 95.3 Å². The number of alkyl halides is 2. The summed E-state index contributed by atoms with van der Waals surface area (Å²) in [4.78, 5) is 71.2. The van der Waals surface area contributed by atoms with Crippen LogP contribution in [-0.2, 0) is 28.8 Å². The van der Waals surface area contributed by atoms with E-state index in [1.54, 1.807) is 41.5 Å². The molecule has 0 aromatic heterocycles. The minimum absolute atomic E-state index is 0.0998. The quantitative estimate of drug-likeness (QED) is 0.212. The van der Waals surface area contributed by atoms with Crippen LogP contribution in [0.2, 0.25) is 0 Å². The minimum Gasteiger partial charge on any atom is -0.444 e. The molecule has 2 aliphatic carbocycles. The van der Waals surface area contributed by atoms with Gasteiger partial charge in [0.15, 0.2) is 0 Å². The van der Waals surface area contributed by atoms with Gasteiger partial charge in [-0.2, -0.15) is 0 Å². The van der Waals surface area contributed by atoms with Gasteiger partial charge in [0.1, 0.15) is 22.0 Å². The van der Waals surface area contributed by atoms with Crippen molar-refractivity contribution < 1.29 is 33.5 Å². The average Bonchev–Trinajstić information content (AvgIpc) is 3.10. The molecule has 1 saturated heterocycles. The van der Waals surface area contributed by atoms with E-state index in [0.29, 0.717) is 0 Å². The number of carbonyl (C=O) groups excluding carboxylic acids is 5. The third kappa shape index (κ3) is 7.16. The average molecular weight is 592 g/mol. The number of ketones is 1. The summed E-state index contributed by atoms with van der Waals surface area (Å²) in [6, 6.07) is -3.23. The molecule has 1 unspecified atom stereocenters. The summed E-state index contributed by atoms with van der Waals surface area (Å²) in [5, 5.41) is 5.36. The zero-order chi connectivity index (χ0) is 29.5. The van der Waals surface area contributed by atoms with E-state index in [4.69, 9.17) is 27.9 Å². The van der Waals surface area contributed by atoms with Gasteiger partial charge in [-0.05, 0) is 38.5 Å². The number of rotatable bonds is 9. The van der Waals surface area contributed by atoms with Crippen molar-refractivity contribution in [1.29, 1.82) is 0 Å². The fraction of sp³-hybridized carbons (Fsp3) is 0.808. The number of hydrogen-bond donors (Lipinski definition) is 3. The Hall–Kier alpha value is -2.11. The Bertz CT molecular complexity index is 1000. The lowest BCUT2D eigenvalue weighted by atomic mass is 9.80. The summed E-state index contributed by atoms with van der Waals surface area (Å²) in [5.74, 6) is -3.70. The second kappa shape index (κ2) is 11.4. The standard InChI is InChI=1S/C26H40Cl2N4O7/c1-24(2,3)19(30-23(37)39-25(4,5)6)22(36)32-12-14-16(26(14,27)28)17(32)20(34)29-15(11-13-9-8-10-13)18(33)21(35)31-38-7/h13-17,19H,8-12H2,1-7H3,(H,29,34)(H,30,37)(H,31,35)/t14-,15?,16-,17-,19+/m0/s1. The zero-order valence-electron chi connectivity index (χ0n) is 23.6. The van der Waals surface area contributed by atoms with E-state index in [1.807, 2.05) is 5.48 Å². The smallest absolute Gasteiger partial charge is 0.408 e. The van der Waals surface area contributed by atoms with Crippen molar-refractivity contribution in [2.24, 2.45) is 23.2 Å². The van der Waals surface area contributed by atoms with Crippen molar-refractivity contribution in [3.63, 3.8) is 0 Å². The Morgan fingerprint density at radius 3 is 2.13 bits per heavy atom. The first-order valence-electron chi connectivity index (χ1n) is 13.2. The van der Waals surface area contributed by atoms with Crippen LogP contribution in [0.5, 0.6) is 0 Å².